The quantitative estimate of drug-likeness (QED) is 0.870. The molecule has 0 atom stereocenters. The molecule has 0 saturated carbocycles. The van der Waals surface area contributed by atoms with Crippen LogP contribution >= 0.6 is 11.6 Å². The number of rotatable bonds is 3. The van der Waals surface area contributed by atoms with Crippen LogP contribution < -0.4 is 5.32 Å². The summed E-state index contributed by atoms with van der Waals surface area (Å²) in [6.45, 7) is 4.39. The van der Waals surface area contributed by atoms with Gasteiger partial charge in [-0.15, -0.1) is 0 Å². The first-order chi connectivity index (χ1) is 13.0. The van der Waals surface area contributed by atoms with Gasteiger partial charge in [-0.3, -0.25) is 4.79 Å². The van der Waals surface area contributed by atoms with Crippen molar-refractivity contribution >= 4 is 29.1 Å². The Morgan fingerprint density at radius 2 is 1.85 bits per heavy atom. The van der Waals surface area contributed by atoms with Crippen molar-refractivity contribution in [2.75, 3.05) is 31.6 Å². The number of piperidine rings is 1. The van der Waals surface area contributed by atoms with Gasteiger partial charge in [-0.05, 0) is 24.6 Å². The summed E-state index contributed by atoms with van der Waals surface area (Å²) < 4.78 is 11.4. The highest BCUT2D eigenvalue weighted by Gasteiger charge is 2.40. The third-order valence-electron chi connectivity index (χ3n) is 4.95. The fourth-order valence-corrected chi connectivity index (χ4v) is 3.50. The second-order valence-electron chi connectivity index (χ2n) is 6.78. The molecule has 0 bridgehead atoms. The molecule has 1 N–H and O–H groups in total. The lowest BCUT2D eigenvalue weighted by Gasteiger charge is -2.37. The van der Waals surface area contributed by atoms with Crippen LogP contribution in [0.15, 0.2) is 30.6 Å². The van der Waals surface area contributed by atoms with E-state index in [-0.39, 0.29) is 5.91 Å². The van der Waals surface area contributed by atoms with Gasteiger partial charge in [0.2, 0.25) is 5.95 Å². The van der Waals surface area contributed by atoms with Crippen molar-refractivity contribution in [1.29, 1.82) is 0 Å². The standard InChI is InChI=1S/C19H21ClN4O3/c1-13-2-3-15(10-16(13)20)23-18-21-11-14(12-22-18)17(25)24-6-4-19(5-7-24)26-8-9-27-19/h2-3,10-12H,4-9H2,1H3,(H,21,22,23). The Kier molecular flexibility index (Phi) is 4.99. The normalized spacial score (nSPS) is 18.7. The first-order valence-electron chi connectivity index (χ1n) is 8.97. The molecule has 2 fully saturated rings. The highest BCUT2D eigenvalue weighted by atomic mass is 35.5. The Balaban J connectivity index is 1.38. The summed E-state index contributed by atoms with van der Waals surface area (Å²) in [6, 6.07) is 5.64. The third kappa shape index (κ3) is 3.90. The van der Waals surface area contributed by atoms with Crippen molar-refractivity contribution in [1.82, 2.24) is 14.9 Å². The van der Waals surface area contributed by atoms with Crippen LogP contribution in [0.5, 0.6) is 0 Å². The van der Waals surface area contributed by atoms with Crippen molar-refractivity contribution in [3.63, 3.8) is 0 Å². The summed E-state index contributed by atoms with van der Waals surface area (Å²) in [7, 11) is 0. The first-order valence-corrected chi connectivity index (χ1v) is 9.35. The molecule has 4 rings (SSSR count). The average Bonchev–Trinajstić information content (AvgIpc) is 3.13. The number of benzene rings is 1. The first kappa shape index (κ1) is 18.2. The molecule has 8 heteroatoms. The summed E-state index contributed by atoms with van der Waals surface area (Å²) in [5.41, 5.74) is 2.26. The number of likely N-dealkylation sites (tertiary alicyclic amines) is 1. The Hall–Kier alpha value is -2.22. The Bertz CT molecular complexity index is 827. The zero-order valence-electron chi connectivity index (χ0n) is 15.1. The highest BCUT2D eigenvalue weighted by molar-refractivity contribution is 6.31. The van der Waals surface area contributed by atoms with Crippen molar-refractivity contribution in [2.45, 2.75) is 25.6 Å². The lowest BCUT2D eigenvalue weighted by molar-refractivity contribution is -0.181. The van der Waals surface area contributed by atoms with E-state index >= 15 is 0 Å². The zero-order valence-corrected chi connectivity index (χ0v) is 15.8. The van der Waals surface area contributed by atoms with Gasteiger partial charge in [-0.2, -0.15) is 0 Å². The van der Waals surface area contributed by atoms with Gasteiger partial charge in [-0.1, -0.05) is 17.7 Å². The van der Waals surface area contributed by atoms with E-state index in [9.17, 15) is 4.79 Å². The number of carbonyl (C=O) groups is 1. The van der Waals surface area contributed by atoms with Gasteiger partial charge < -0.3 is 19.7 Å². The van der Waals surface area contributed by atoms with E-state index < -0.39 is 5.79 Å². The molecule has 2 aliphatic heterocycles. The Labute approximate surface area is 162 Å². The minimum Gasteiger partial charge on any atom is -0.347 e. The summed E-state index contributed by atoms with van der Waals surface area (Å²) in [4.78, 5) is 23.0. The number of nitrogens with one attached hydrogen (secondary N) is 1. The number of ether oxygens (including phenoxy) is 2. The Morgan fingerprint density at radius 1 is 1.19 bits per heavy atom. The molecule has 0 radical (unpaired) electrons. The van der Waals surface area contributed by atoms with Crippen LogP contribution in [0.25, 0.3) is 0 Å². The van der Waals surface area contributed by atoms with Gasteiger partial charge in [0.05, 0.1) is 18.8 Å². The fraction of sp³-hybridized carbons (Fsp3) is 0.421. The molecule has 7 nitrogen and oxygen atoms in total. The molecule has 0 aliphatic carbocycles. The number of hydrogen-bond donors (Lipinski definition) is 1. The molecule has 1 aromatic carbocycles. The summed E-state index contributed by atoms with van der Waals surface area (Å²) >= 11 is 6.13. The van der Waals surface area contributed by atoms with Crippen LogP contribution in [0, 0.1) is 6.92 Å². The number of aromatic nitrogens is 2. The number of anilines is 2. The molecule has 0 unspecified atom stereocenters. The van der Waals surface area contributed by atoms with Crippen LogP contribution in [-0.4, -0.2) is 52.9 Å². The van der Waals surface area contributed by atoms with Crippen LogP contribution in [0.3, 0.4) is 0 Å². The fourth-order valence-electron chi connectivity index (χ4n) is 3.32. The molecule has 1 aromatic heterocycles. The van der Waals surface area contributed by atoms with Gasteiger partial charge >= 0.3 is 0 Å². The number of carbonyl (C=O) groups excluding carboxylic acids is 1. The van der Waals surface area contributed by atoms with Gasteiger partial charge in [0.1, 0.15) is 0 Å². The number of aryl methyl sites for hydroxylation is 1. The molecule has 142 valence electrons. The van der Waals surface area contributed by atoms with Gasteiger partial charge in [0, 0.05) is 49.0 Å². The van der Waals surface area contributed by atoms with Crippen molar-refractivity contribution in [3.8, 4) is 0 Å². The third-order valence-corrected chi connectivity index (χ3v) is 5.36. The number of hydrogen-bond acceptors (Lipinski definition) is 6. The number of halogens is 1. The molecular formula is C19H21ClN4O3. The molecule has 2 aromatic rings. The van der Waals surface area contributed by atoms with Gasteiger partial charge in [0.25, 0.3) is 5.91 Å². The Morgan fingerprint density at radius 3 is 2.48 bits per heavy atom. The highest BCUT2D eigenvalue weighted by Crippen LogP contribution is 2.31. The van der Waals surface area contributed by atoms with Crippen molar-refractivity contribution < 1.29 is 14.3 Å². The predicted molar refractivity (Wildman–Crippen MR) is 101 cm³/mol. The topological polar surface area (TPSA) is 76.6 Å². The van der Waals surface area contributed by atoms with E-state index in [0.717, 1.165) is 11.3 Å². The summed E-state index contributed by atoms with van der Waals surface area (Å²) in [5, 5.41) is 3.76. The minimum absolute atomic E-state index is 0.0761. The monoisotopic (exact) mass is 388 g/mol. The van der Waals surface area contributed by atoms with E-state index in [0.29, 0.717) is 55.7 Å². The van der Waals surface area contributed by atoms with Crippen LogP contribution in [0.1, 0.15) is 28.8 Å². The minimum atomic E-state index is -0.490. The van der Waals surface area contributed by atoms with Crippen molar-refractivity contribution in [2.24, 2.45) is 0 Å². The lowest BCUT2D eigenvalue weighted by atomic mass is 10.0. The van der Waals surface area contributed by atoms with Gasteiger partial charge in [-0.25, -0.2) is 9.97 Å². The van der Waals surface area contributed by atoms with Crippen LogP contribution in [0.2, 0.25) is 5.02 Å². The van der Waals surface area contributed by atoms with E-state index in [4.69, 9.17) is 21.1 Å². The number of nitrogens with zero attached hydrogens (tertiary/aromatic N) is 3. The summed E-state index contributed by atoms with van der Waals surface area (Å²) in [5.74, 6) is -0.152. The van der Waals surface area contributed by atoms with E-state index in [1.54, 1.807) is 17.3 Å². The smallest absolute Gasteiger partial charge is 0.256 e. The average molecular weight is 389 g/mol. The molecule has 2 aliphatic rings. The maximum absolute atomic E-state index is 12.7. The molecule has 1 spiro atoms. The van der Waals surface area contributed by atoms with Crippen LogP contribution in [-0.2, 0) is 9.47 Å². The second-order valence-corrected chi connectivity index (χ2v) is 7.19. The lowest BCUT2D eigenvalue weighted by Crippen LogP contribution is -2.47. The zero-order chi connectivity index (χ0) is 18.9. The predicted octanol–water partition coefficient (Wildman–Crippen LogP) is 3.16. The van der Waals surface area contributed by atoms with Crippen LogP contribution in [0.4, 0.5) is 11.6 Å². The van der Waals surface area contributed by atoms with E-state index in [1.165, 1.54) is 0 Å². The van der Waals surface area contributed by atoms with Crippen molar-refractivity contribution in [3.05, 3.63) is 46.7 Å². The van der Waals surface area contributed by atoms with E-state index in [2.05, 4.69) is 15.3 Å². The maximum Gasteiger partial charge on any atom is 0.256 e. The molecular weight excluding hydrogens is 368 g/mol. The molecule has 1 amide bonds. The SMILES string of the molecule is Cc1ccc(Nc2ncc(C(=O)N3CCC4(CC3)OCCO4)cn2)cc1Cl. The number of amides is 1. The van der Waals surface area contributed by atoms with Gasteiger partial charge in [0.15, 0.2) is 5.79 Å². The summed E-state index contributed by atoms with van der Waals surface area (Å²) in [6.07, 6.45) is 4.46. The molecule has 27 heavy (non-hydrogen) atoms. The molecule has 2 saturated heterocycles. The van der Waals surface area contributed by atoms with E-state index in [1.807, 2.05) is 25.1 Å². The maximum atomic E-state index is 12.7. The largest absolute Gasteiger partial charge is 0.347 e. The molecule has 3 heterocycles. The second kappa shape index (κ2) is 7.42.